The standard InChI is InChI=1S/C15H13Cl2FO2/c1-20-14-4-2-3-12(17)15(14)13(19)8-9-7-10(18)5-6-11(9)16/h2-7,13,19H,8H2,1H3. The topological polar surface area (TPSA) is 29.5 Å². The first-order chi connectivity index (χ1) is 9.52. The predicted molar refractivity (Wildman–Crippen MR) is 78.1 cm³/mol. The lowest BCUT2D eigenvalue weighted by Gasteiger charge is -2.17. The predicted octanol–water partition coefficient (Wildman–Crippen LogP) is 4.42. The molecule has 2 aromatic rings. The fraction of sp³-hybridized carbons (Fsp3) is 0.200. The second-order valence-electron chi connectivity index (χ2n) is 4.31. The highest BCUT2D eigenvalue weighted by Crippen LogP contribution is 2.34. The second-order valence-corrected chi connectivity index (χ2v) is 5.13. The molecule has 1 N–H and O–H groups in total. The highest BCUT2D eigenvalue weighted by molar-refractivity contribution is 6.32. The van der Waals surface area contributed by atoms with Gasteiger partial charge < -0.3 is 9.84 Å². The summed E-state index contributed by atoms with van der Waals surface area (Å²) < 4.78 is 18.4. The zero-order valence-corrected chi connectivity index (χ0v) is 12.2. The van der Waals surface area contributed by atoms with Gasteiger partial charge in [-0.2, -0.15) is 0 Å². The Morgan fingerprint density at radius 3 is 2.65 bits per heavy atom. The molecule has 0 aliphatic carbocycles. The maximum absolute atomic E-state index is 13.2. The quantitative estimate of drug-likeness (QED) is 0.905. The zero-order valence-electron chi connectivity index (χ0n) is 10.7. The monoisotopic (exact) mass is 314 g/mol. The number of rotatable bonds is 4. The molecular weight excluding hydrogens is 302 g/mol. The molecule has 0 amide bonds. The Bertz CT molecular complexity index is 617. The van der Waals surface area contributed by atoms with E-state index >= 15 is 0 Å². The first-order valence-corrected chi connectivity index (χ1v) is 6.73. The van der Waals surface area contributed by atoms with Gasteiger partial charge in [-0.05, 0) is 35.9 Å². The fourth-order valence-electron chi connectivity index (χ4n) is 2.03. The third kappa shape index (κ3) is 3.23. The molecule has 0 aromatic heterocycles. The van der Waals surface area contributed by atoms with E-state index < -0.39 is 11.9 Å². The molecule has 0 fully saturated rings. The summed E-state index contributed by atoms with van der Waals surface area (Å²) in [5, 5.41) is 11.1. The SMILES string of the molecule is COc1cccc(Cl)c1C(O)Cc1cc(F)ccc1Cl. The van der Waals surface area contributed by atoms with E-state index in [9.17, 15) is 9.50 Å². The second kappa shape index (κ2) is 6.44. The highest BCUT2D eigenvalue weighted by Gasteiger charge is 2.18. The van der Waals surface area contributed by atoms with E-state index in [1.54, 1.807) is 18.2 Å². The molecule has 0 saturated carbocycles. The Morgan fingerprint density at radius 2 is 1.95 bits per heavy atom. The van der Waals surface area contributed by atoms with Crippen molar-refractivity contribution in [3.63, 3.8) is 0 Å². The van der Waals surface area contributed by atoms with Crippen LogP contribution in [0.1, 0.15) is 17.2 Å². The Morgan fingerprint density at radius 1 is 1.20 bits per heavy atom. The van der Waals surface area contributed by atoms with E-state index in [0.29, 0.717) is 26.9 Å². The molecule has 0 heterocycles. The summed E-state index contributed by atoms with van der Waals surface area (Å²) in [6.45, 7) is 0. The minimum Gasteiger partial charge on any atom is -0.496 e. The van der Waals surface area contributed by atoms with Crippen LogP contribution in [0.4, 0.5) is 4.39 Å². The van der Waals surface area contributed by atoms with Crippen LogP contribution in [0.15, 0.2) is 36.4 Å². The van der Waals surface area contributed by atoms with Crippen LogP contribution in [0.3, 0.4) is 0 Å². The minimum atomic E-state index is -0.932. The van der Waals surface area contributed by atoms with Gasteiger partial charge in [0.25, 0.3) is 0 Å². The Labute approximate surface area is 126 Å². The van der Waals surface area contributed by atoms with Gasteiger partial charge in [0.05, 0.1) is 18.2 Å². The third-order valence-corrected chi connectivity index (χ3v) is 3.69. The lowest BCUT2D eigenvalue weighted by molar-refractivity contribution is 0.174. The number of ether oxygens (including phenoxy) is 1. The van der Waals surface area contributed by atoms with Crippen LogP contribution in [0.5, 0.6) is 5.75 Å². The summed E-state index contributed by atoms with van der Waals surface area (Å²) in [6, 6.07) is 9.13. The third-order valence-electron chi connectivity index (χ3n) is 2.99. The Kier molecular flexibility index (Phi) is 4.86. The van der Waals surface area contributed by atoms with E-state index in [0.717, 1.165) is 0 Å². The van der Waals surface area contributed by atoms with Crippen molar-refractivity contribution in [2.45, 2.75) is 12.5 Å². The average molecular weight is 315 g/mol. The van der Waals surface area contributed by atoms with Gasteiger partial charge in [0.2, 0.25) is 0 Å². The molecule has 0 aliphatic rings. The van der Waals surface area contributed by atoms with E-state index in [-0.39, 0.29) is 6.42 Å². The van der Waals surface area contributed by atoms with Crippen LogP contribution < -0.4 is 4.74 Å². The molecule has 0 aliphatic heterocycles. The Balaban J connectivity index is 2.33. The van der Waals surface area contributed by atoms with Gasteiger partial charge in [0.15, 0.2) is 0 Å². The summed E-state index contributed by atoms with van der Waals surface area (Å²) in [7, 11) is 1.50. The van der Waals surface area contributed by atoms with Gasteiger partial charge in [0, 0.05) is 17.0 Å². The van der Waals surface area contributed by atoms with Crippen LogP contribution in [-0.4, -0.2) is 12.2 Å². The van der Waals surface area contributed by atoms with Crippen LogP contribution in [0.25, 0.3) is 0 Å². The van der Waals surface area contributed by atoms with Crippen molar-refractivity contribution in [1.29, 1.82) is 0 Å². The van der Waals surface area contributed by atoms with E-state index in [1.165, 1.54) is 25.3 Å². The summed E-state index contributed by atoms with van der Waals surface area (Å²) in [5.74, 6) is 0.0836. The first kappa shape index (κ1) is 15.1. The maximum atomic E-state index is 13.2. The molecule has 5 heteroatoms. The molecule has 0 saturated heterocycles. The number of aliphatic hydroxyl groups is 1. The molecule has 2 aromatic carbocycles. The normalized spacial score (nSPS) is 12.2. The smallest absolute Gasteiger partial charge is 0.126 e. The molecule has 2 rings (SSSR count). The Hall–Kier alpha value is -1.29. The summed E-state index contributed by atoms with van der Waals surface area (Å²) in [6.07, 6.45) is -0.783. The summed E-state index contributed by atoms with van der Waals surface area (Å²) in [5.41, 5.74) is 0.984. The number of methoxy groups -OCH3 is 1. The van der Waals surface area contributed by atoms with Crippen molar-refractivity contribution in [1.82, 2.24) is 0 Å². The van der Waals surface area contributed by atoms with Crippen LogP contribution in [-0.2, 0) is 6.42 Å². The van der Waals surface area contributed by atoms with E-state index in [4.69, 9.17) is 27.9 Å². The van der Waals surface area contributed by atoms with Gasteiger partial charge in [0.1, 0.15) is 11.6 Å². The minimum absolute atomic E-state index is 0.149. The largest absolute Gasteiger partial charge is 0.496 e. The van der Waals surface area contributed by atoms with Crippen molar-refractivity contribution < 1.29 is 14.2 Å². The lowest BCUT2D eigenvalue weighted by Crippen LogP contribution is -2.05. The maximum Gasteiger partial charge on any atom is 0.126 e. The van der Waals surface area contributed by atoms with Gasteiger partial charge in [-0.25, -0.2) is 4.39 Å². The number of hydrogen-bond donors (Lipinski definition) is 1. The van der Waals surface area contributed by atoms with Crippen LogP contribution >= 0.6 is 23.2 Å². The van der Waals surface area contributed by atoms with Crippen molar-refractivity contribution in [2.24, 2.45) is 0 Å². The average Bonchev–Trinajstić information content (AvgIpc) is 2.42. The van der Waals surface area contributed by atoms with Crippen molar-refractivity contribution >= 4 is 23.2 Å². The molecule has 106 valence electrons. The lowest BCUT2D eigenvalue weighted by atomic mass is 10.0. The molecule has 0 spiro atoms. The molecular formula is C15H13Cl2FO2. The van der Waals surface area contributed by atoms with Gasteiger partial charge in [-0.15, -0.1) is 0 Å². The zero-order chi connectivity index (χ0) is 14.7. The number of benzene rings is 2. The molecule has 2 nitrogen and oxygen atoms in total. The highest BCUT2D eigenvalue weighted by atomic mass is 35.5. The molecule has 0 radical (unpaired) electrons. The number of halogens is 3. The summed E-state index contributed by atoms with van der Waals surface area (Å²) >= 11 is 12.1. The van der Waals surface area contributed by atoms with Crippen molar-refractivity contribution in [2.75, 3.05) is 7.11 Å². The molecule has 1 atom stereocenters. The summed E-state index contributed by atoms with van der Waals surface area (Å²) in [4.78, 5) is 0. The van der Waals surface area contributed by atoms with Crippen molar-refractivity contribution in [3.05, 3.63) is 63.4 Å². The van der Waals surface area contributed by atoms with E-state index in [2.05, 4.69) is 0 Å². The van der Waals surface area contributed by atoms with Gasteiger partial charge >= 0.3 is 0 Å². The fourth-order valence-corrected chi connectivity index (χ4v) is 2.52. The van der Waals surface area contributed by atoms with Gasteiger partial charge in [-0.3, -0.25) is 0 Å². The van der Waals surface area contributed by atoms with Crippen LogP contribution in [0, 0.1) is 5.82 Å². The first-order valence-electron chi connectivity index (χ1n) is 5.97. The van der Waals surface area contributed by atoms with Gasteiger partial charge in [-0.1, -0.05) is 29.3 Å². The number of hydrogen-bond acceptors (Lipinski definition) is 2. The molecule has 20 heavy (non-hydrogen) atoms. The van der Waals surface area contributed by atoms with E-state index in [1.807, 2.05) is 0 Å². The molecule has 1 unspecified atom stereocenters. The van der Waals surface area contributed by atoms with Crippen LogP contribution in [0.2, 0.25) is 10.0 Å². The molecule has 0 bridgehead atoms. The number of aliphatic hydroxyl groups excluding tert-OH is 1. The van der Waals surface area contributed by atoms with Crippen molar-refractivity contribution in [3.8, 4) is 5.75 Å².